The molecule has 1 aliphatic heterocycles. The normalized spacial score (nSPS) is 27.9. The van der Waals surface area contributed by atoms with Crippen molar-refractivity contribution in [2.45, 2.75) is 44.3 Å². The van der Waals surface area contributed by atoms with Gasteiger partial charge in [0.05, 0.1) is 0 Å². The lowest BCUT2D eigenvalue weighted by molar-refractivity contribution is 0.200. The summed E-state index contributed by atoms with van der Waals surface area (Å²) in [7, 11) is 0. The van der Waals surface area contributed by atoms with Crippen LogP contribution in [-0.2, 0) is 6.54 Å². The van der Waals surface area contributed by atoms with Gasteiger partial charge in [0, 0.05) is 24.8 Å². The Bertz CT molecular complexity index is 417. The van der Waals surface area contributed by atoms with E-state index >= 15 is 0 Å². The Morgan fingerprint density at radius 2 is 1.82 bits per heavy atom. The molecular formula is C15H20N2. The maximum absolute atomic E-state index is 5.97. The molecule has 0 amide bonds. The van der Waals surface area contributed by atoms with Crippen molar-refractivity contribution in [2.75, 3.05) is 0 Å². The van der Waals surface area contributed by atoms with E-state index < -0.39 is 0 Å². The van der Waals surface area contributed by atoms with Gasteiger partial charge in [-0.3, -0.25) is 0 Å². The van der Waals surface area contributed by atoms with Crippen LogP contribution in [-0.4, -0.2) is 17.0 Å². The van der Waals surface area contributed by atoms with Crippen LogP contribution in [0.1, 0.15) is 36.8 Å². The maximum atomic E-state index is 5.97. The number of fused-ring (bicyclic) bond motifs is 1. The lowest BCUT2D eigenvalue weighted by atomic mass is 9.90. The third-order valence-electron chi connectivity index (χ3n) is 4.06. The van der Waals surface area contributed by atoms with E-state index in [2.05, 4.69) is 41.4 Å². The van der Waals surface area contributed by atoms with Crippen molar-refractivity contribution in [3.63, 3.8) is 0 Å². The summed E-state index contributed by atoms with van der Waals surface area (Å²) in [5.74, 6) is 0. The van der Waals surface area contributed by atoms with E-state index in [4.69, 9.17) is 5.73 Å². The zero-order valence-electron chi connectivity index (χ0n) is 10.2. The summed E-state index contributed by atoms with van der Waals surface area (Å²) in [5, 5.41) is 0. The third-order valence-corrected chi connectivity index (χ3v) is 4.06. The molecule has 1 saturated carbocycles. The molecule has 17 heavy (non-hydrogen) atoms. The van der Waals surface area contributed by atoms with Gasteiger partial charge in [-0.1, -0.05) is 24.3 Å². The first kappa shape index (κ1) is 10.8. The second kappa shape index (κ2) is 4.53. The molecule has 2 heteroatoms. The second-order valence-electron chi connectivity index (χ2n) is 5.26. The molecule has 2 N–H and O–H groups in total. The predicted octanol–water partition coefficient (Wildman–Crippen LogP) is 2.74. The molecule has 1 heterocycles. The van der Waals surface area contributed by atoms with Crippen molar-refractivity contribution in [1.29, 1.82) is 0 Å². The Balaban J connectivity index is 1.72. The quantitative estimate of drug-likeness (QED) is 0.801. The van der Waals surface area contributed by atoms with E-state index in [1.165, 1.54) is 36.8 Å². The highest BCUT2D eigenvalue weighted by Gasteiger charge is 2.24. The lowest BCUT2D eigenvalue weighted by Crippen LogP contribution is -2.38. The molecule has 0 saturated heterocycles. The topological polar surface area (TPSA) is 29.3 Å². The zero-order chi connectivity index (χ0) is 11.7. The fourth-order valence-corrected chi connectivity index (χ4v) is 2.95. The summed E-state index contributed by atoms with van der Waals surface area (Å²) in [6.45, 7) is 1.06. The number of hydrogen-bond acceptors (Lipinski definition) is 2. The summed E-state index contributed by atoms with van der Waals surface area (Å²) < 4.78 is 0. The van der Waals surface area contributed by atoms with Crippen molar-refractivity contribution in [3.05, 3.63) is 41.6 Å². The molecule has 1 fully saturated rings. The number of rotatable bonds is 1. The molecule has 0 aromatic heterocycles. The van der Waals surface area contributed by atoms with Gasteiger partial charge in [0.25, 0.3) is 0 Å². The molecule has 2 nitrogen and oxygen atoms in total. The third kappa shape index (κ3) is 2.22. The Morgan fingerprint density at radius 3 is 2.65 bits per heavy atom. The summed E-state index contributed by atoms with van der Waals surface area (Å²) in [6.07, 6.45) is 9.35. The molecule has 0 bridgehead atoms. The Kier molecular flexibility index (Phi) is 2.89. The van der Waals surface area contributed by atoms with Crippen LogP contribution in [0.2, 0.25) is 0 Å². The SMILES string of the molecule is NC1CCC(N2C=Cc3ccccc3C2)CC1. The fourth-order valence-electron chi connectivity index (χ4n) is 2.95. The van der Waals surface area contributed by atoms with Crippen LogP contribution in [0.25, 0.3) is 6.08 Å². The average molecular weight is 228 g/mol. The number of benzene rings is 1. The van der Waals surface area contributed by atoms with Gasteiger partial charge in [-0.25, -0.2) is 0 Å². The van der Waals surface area contributed by atoms with E-state index in [-0.39, 0.29) is 0 Å². The molecule has 2 aliphatic rings. The van der Waals surface area contributed by atoms with E-state index in [9.17, 15) is 0 Å². The Hall–Kier alpha value is -1.28. The van der Waals surface area contributed by atoms with Crippen molar-refractivity contribution in [2.24, 2.45) is 5.73 Å². The van der Waals surface area contributed by atoms with Crippen LogP contribution in [0.5, 0.6) is 0 Å². The van der Waals surface area contributed by atoms with Gasteiger partial charge in [-0.05, 0) is 42.9 Å². The molecule has 90 valence electrons. The fraction of sp³-hybridized carbons (Fsp3) is 0.467. The van der Waals surface area contributed by atoms with Crippen molar-refractivity contribution in [1.82, 2.24) is 4.90 Å². The highest BCUT2D eigenvalue weighted by atomic mass is 15.1. The van der Waals surface area contributed by atoms with Crippen LogP contribution >= 0.6 is 0 Å². The lowest BCUT2D eigenvalue weighted by Gasteiger charge is -2.37. The molecule has 0 unspecified atom stereocenters. The molecule has 1 aromatic rings. The first-order valence-corrected chi connectivity index (χ1v) is 6.60. The predicted molar refractivity (Wildman–Crippen MR) is 71.3 cm³/mol. The zero-order valence-corrected chi connectivity index (χ0v) is 10.2. The van der Waals surface area contributed by atoms with E-state index in [0.717, 1.165) is 6.54 Å². The molecule has 1 aromatic carbocycles. The van der Waals surface area contributed by atoms with E-state index in [0.29, 0.717) is 12.1 Å². The van der Waals surface area contributed by atoms with Crippen LogP contribution in [0, 0.1) is 0 Å². The minimum atomic E-state index is 0.437. The molecule has 1 aliphatic carbocycles. The molecule has 0 spiro atoms. The van der Waals surface area contributed by atoms with Gasteiger partial charge in [0.1, 0.15) is 0 Å². The maximum Gasteiger partial charge on any atom is 0.0433 e. The highest BCUT2D eigenvalue weighted by molar-refractivity contribution is 5.55. The van der Waals surface area contributed by atoms with Crippen molar-refractivity contribution < 1.29 is 0 Å². The first-order valence-electron chi connectivity index (χ1n) is 6.60. The van der Waals surface area contributed by atoms with Crippen molar-refractivity contribution >= 4 is 6.08 Å². The Morgan fingerprint density at radius 1 is 1.06 bits per heavy atom. The molecule has 0 atom stereocenters. The Labute approximate surface area is 103 Å². The summed E-state index contributed by atoms with van der Waals surface area (Å²) >= 11 is 0. The number of hydrogen-bond donors (Lipinski definition) is 1. The standard InChI is InChI=1S/C15H20N2/c16-14-5-7-15(8-6-14)17-10-9-12-3-1-2-4-13(12)11-17/h1-4,9-10,14-15H,5-8,11,16H2. The monoisotopic (exact) mass is 228 g/mol. The second-order valence-corrected chi connectivity index (χ2v) is 5.26. The minimum absolute atomic E-state index is 0.437. The average Bonchev–Trinajstić information content (AvgIpc) is 2.39. The largest absolute Gasteiger partial charge is 0.370 e. The van der Waals surface area contributed by atoms with Gasteiger partial charge in [-0.2, -0.15) is 0 Å². The van der Waals surface area contributed by atoms with Gasteiger partial charge < -0.3 is 10.6 Å². The van der Waals surface area contributed by atoms with Gasteiger partial charge in [-0.15, -0.1) is 0 Å². The molecule has 0 radical (unpaired) electrons. The van der Waals surface area contributed by atoms with Crippen LogP contribution < -0.4 is 5.73 Å². The summed E-state index contributed by atoms with van der Waals surface area (Å²) in [4.78, 5) is 2.49. The van der Waals surface area contributed by atoms with Crippen LogP contribution in [0.15, 0.2) is 30.5 Å². The van der Waals surface area contributed by atoms with Crippen LogP contribution in [0.4, 0.5) is 0 Å². The molecular weight excluding hydrogens is 208 g/mol. The minimum Gasteiger partial charge on any atom is -0.370 e. The summed E-state index contributed by atoms with van der Waals surface area (Å²) in [6, 6.07) is 9.80. The van der Waals surface area contributed by atoms with Gasteiger partial charge >= 0.3 is 0 Å². The smallest absolute Gasteiger partial charge is 0.0433 e. The first-order chi connectivity index (χ1) is 8.33. The van der Waals surface area contributed by atoms with Gasteiger partial charge in [0.2, 0.25) is 0 Å². The number of nitrogens with zero attached hydrogens (tertiary/aromatic N) is 1. The van der Waals surface area contributed by atoms with Crippen molar-refractivity contribution in [3.8, 4) is 0 Å². The van der Waals surface area contributed by atoms with Crippen LogP contribution in [0.3, 0.4) is 0 Å². The van der Waals surface area contributed by atoms with E-state index in [1.807, 2.05) is 0 Å². The number of nitrogens with two attached hydrogens (primary N) is 1. The molecule has 3 rings (SSSR count). The van der Waals surface area contributed by atoms with E-state index in [1.54, 1.807) is 0 Å². The summed E-state index contributed by atoms with van der Waals surface area (Å²) in [5.41, 5.74) is 8.79. The van der Waals surface area contributed by atoms with Gasteiger partial charge in [0.15, 0.2) is 0 Å². The highest BCUT2D eigenvalue weighted by Crippen LogP contribution is 2.27.